The summed E-state index contributed by atoms with van der Waals surface area (Å²) in [4.78, 5) is 20.6. The number of aromatic nitrogens is 3. The number of carbonyl (C=O) groups is 1. The lowest BCUT2D eigenvalue weighted by Crippen LogP contribution is -2.44. The molecule has 0 unspecified atom stereocenters. The van der Waals surface area contributed by atoms with E-state index < -0.39 is 0 Å². The third-order valence-electron chi connectivity index (χ3n) is 5.86. The molecule has 1 aliphatic heterocycles. The molecule has 32 heavy (non-hydrogen) atoms. The van der Waals surface area contributed by atoms with Gasteiger partial charge in [0.25, 0.3) is 5.91 Å². The summed E-state index contributed by atoms with van der Waals surface area (Å²) in [5.41, 5.74) is 3.87. The van der Waals surface area contributed by atoms with Gasteiger partial charge in [0.05, 0.1) is 28.1 Å². The Morgan fingerprint density at radius 3 is 2.56 bits per heavy atom. The van der Waals surface area contributed by atoms with Gasteiger partial charge in [-0.3, -0.25) is 4.79 Å². The van der Waals surface area contributed by atoms with E-state index in [1.807, 2.05) is 54.2 Å². The Hall–Kier alpha value is -2.91. The van der Waals surface area contributed by atoms with Crippen LogP contribution < -0.4 is 15.0 Å². The molecule has 0 aliphatic carbocycles. The molecule has 1 aliphatic rings. The van der Waals surface area contributed by atoms with E-state index in [-0.39, 0.29) is 11.9 Å². The first-order valence-electron chi connectivity index (χ1n) is 10.6. The van der Waals surface area contributed by atoms with Crippen LogP contribution in [0.3, 0.4) is 0 Å². The summed E-state index contributed by atoms with van der Waals surface area (Å²) in [6.45, 7) is 5.76. The Morgan fingerprint density at radius 1 is 1.16 bits per heavy atom. The minimum atomic E-state index is 0.0474. The van der Waals surface area contributed by atoms with Gasteiger partial charge < -0.3 is 15.0 Å². The van der Waals surface area contributed by atoms with Gasteiger partial charge in [-0.2, -0.15) is 10.1 Å². The minimum Gasteiger partial charge on any atom is -0.497 e. The lowest BCUT2D eigenvalue weighted by Gasteiger charge is -2.32. The van der Waals surface area contributed by atoms with Crippen LogP contribution in [0.25, 0.3) is 16.0 Å². The van der Waals surface area contributed by atoms with Crippen LogP contribution in [-0.2, 0) is 0 Å². The number of anilines is 1. The maximum Gasteiger partial charge on any atom is 0.261 e. The second kappa shape index (κ2) is 8.55. The summed E-state index contributed by atoms with van der Waals surface area (Å²) >= 11 is 3.19. The number of hydrogen-bond acceptors (Lipinski definition) is 7. The van der Waals surface area contributed by atoms with Crippen LogP contribution in [0.15, 0.2) is 35.7 Å². The zero-order chi connectivity index (χ0) is 22.2. The fourth-order valence-electron chi connectivity index (χ4n) is 4.03. The molecule has 0 spiro atoms. The topological polar surface area (TPSA) is 72.3 Å². The number of ether oxygens (including phenoxy) is 1. The molecule has 0 bridgehead atoms. The number of thiophene rings is 1. The smallest absolute Gasteiger partial charge is 0.261 e. The van der Waals surface area contributed by atoms with E-state index in [1.54, 1.807) is 18.4 Å². The summed E-state index contributed by atoms with van der Waals surface area (Å²) in [7, 11) is 1.66. The second-order valence-electron chi connectivity index (χ2n) is 8.01. The van der Waals surface area contributed by atoms with Gasteiger partial charge in [0.15, 0.2) is 10.8 Å². The molecule has 1 saturated heterocycles. The van der Waals surface area contributed by atoms with Crippen LogP contribution in [0.1, 0.15) is 33.8 Å². The highest BCUT2D eigenvalue weighted by molar-refractivity contribution is 7.22. The molecule has 166 valence electrons. The van der Waals surface area contributed by atoms with Crippen LogP contribution in [-0.4, -0.2) is 46.9 Å². The Kier molecular flexibility index (Phi) is 5.60. The number of fused-ring (bicyclic) bond motifs is 1. The Labute approximate surface area is 194 Å². The number of hydrogen-bond donors (Lipinski definition) is 1. The van der Waals surface area contributed by atoms with Crippen LogP contribution in [0.5, 0.6) is 5.75 Å². The van der Waals surface area contributed by atoms with Crippen molar-refractivity contribution in [2.45, 2.75) is 32.7 Å². The Morgan fingerprint density at radius 2 is 1.91 bits per heavy atom. The Bertz CT molecular complexity index is 1250. The highest BCUT2D eigenvalue weighted by Crippen LogP contribution is 2.34. The van der Waals surface area contributed by atoms with Crippen molar-refractivity contribution in [2.75, 3.05) is 25.1 Å². The SMILES string of the molecule is COc1ccc(-n2nc(C)c3sc(N4CCC(NC(=O)c5sccc5C)CC4)nc32)cc1. The molecular weight excluding hydrogens is 442 g/mol. The van der Waals surface area contributed by atoms with Gasteiger partial charge in [0.2, 0.25) is 0 Å². The van der Waals surface area contributed by atoms with Gasteiger partial charge >= 0.3 is 0 Å². The highest BCUT2D eigenvalue weighted by atomic mass is 32.1. The minimum absolute atomic E-state index is 0.0474. The first-order chi connectivity index (χ1) is 15.5. The number of amides is 1. The number of thiazole rings is 1. The van der Waals surface area contributed by atoms with Crippen LogP contribution in [0.4, 0.5) is 5.13 Å². The molecule has 1 N–H and O–H groups in total. The Balaban J connectivity index is 1.29. The van der Waals surface area contributed by atoms with Crippen LogP contribution in [0.2, 0.25) is 0 Å². The lowest BCUT2D eigenvalue weighted by molar-refractivity contribution is 0.0934. The number of nitrogens with one attached hydrogen (secondary N) is 1. The number of carbonyl (C=O) groups excluding carboxylic acids is 1. The van der Waals surface area contributed by atoms with Gasteiger partial charge in [-0.1, -0.05) is 11.3 Å². The maximum atomic E-state index is 12.5. The van der Waals surface area contributed by atoms with Gasteiger partial charge in [0, 0.05) is 19.1 Å². The van der Waals surface area contributed by atoms with Crippen molar-refractivity contribution in [2.24, 2.45) is 0 Å². The number of nitrogens with zero attached hydrogens (tertiary/aromatic N) is 4. The number of methoxy groups -OCH3 is 1. The number of rotatable bonds is 5. The molecule has 1 aromatic carbocycles. The van der Waals surface area contributed by atoms with E-state index in [0.29, 0.717) is 0 Å². The molecule has 0 radical (unpaired) electrons. The fourth-order valence-corrected chi connectivity index (χ4v) is 5.90. The van der Waals surface area contributed by atoms with E-state index in [0.717, 1.165) is 69.0 Å². The molecule has 9 heteroatoms. The van der Waals surface area contributed by atoms with E-state index >= 15 is 0 Å². The van der Waals surface area contributed by atoms with E-state index in [9.17, 15) is 4.79 Å². The number of benzene rings is 1. The van der Waals surface area contributed by atoms with Gasteiger partial charge in [-0.15, -0.1) is 11.3 Å². The van der Waals surface area contributed by atoms with Gasteiger partial charge in [-0.05, 0) is 68.0 Å². The van der Waals surface area contributed by atoms with Crippen molar-refractivity contribution >= 4 is 44.1 Å². The van der Waals surface area contributed by atoms with Gasteiger partial charge in [-0.25, -0.2) is 4.68 Å². The summed E-state index contributed by atoms with van der Waals surface area (Å²) in [6, 6.07) is 10.0. The fraction of sp³-hybridized carbons (Fsp3) is 0.348. The molecule has 3 aromatic heterocycles. The molecule has 4 aromatic rings. The monoisotopic (exact) mass is 467 g/mol. The first-order valence-corrected chi connectivity index (χ1v) is 12.3. The maximum absolute atomic E-state index is 12.5. The molecule has 1 fully saturated rings. The molecule has 7 nitrogen and oxygen atoms in total. The molecule has 1 amide bonds. The van der Waals surface area contributed by atoms with Crippen molar-refractivity contribution < 1.29 is 9.53 Å². The largest absolute Gasteiger partial charge is 0.497 e. The summed E-state index contributed by atoms with van der Waals surface area (Å²) in [6.07, 6.45) is 1.82. The van der Waals surface area contributed by atoms with Crippen molar-refractivity contribution in [3.8, 4) is 11.4 Å². The van der Waals surface area contributed by atoms with Crippen LogP contribution in [0, 0.1) is 13.8 Å². The molecule has 0 atom stereocenters. The van der Waals surface area contributed by atoms with E-state index in [4.69, 9.17) is 14.8 Å². The first kappa shape index (κ1) is 21.0. The third-order valence-corrected chi connectivity index (χ3v) is 8.09. The zero-order valence-corrected chi connectivity index (χ0v) is 19.9. The predicted molar refractivity (Wildman–Crippen MR) is 130 cm³/mol. The zero-order valence-electron chi connectivity index (χ0n) is 18.3. The van der Waals surface area contributed by atoms with Crippen molar-refractivity contribution in [1.29, 1.82) is 0 Å². The van der Waals surface area contributed by atoms with Crippen LogP contribution >= 0.6 is 22.7 Å². The lowest BCUT2D eigenvalue weighted by atomic mass is 10.1. The average Bonchev–Trinajstić information content (AvgIpc) is 3.51. The third kappa shape index (κ3) is 3.86. The van der Waals surface area contributed by atoms with Crippen molar-refractivity contribution in [3.05, 3.63) is 51.8 Å². The normalized spacial score (nSPS) is 14.8. The van der Waals surface area contributed by atoms with E-state index in [2.05, 4.69) is 10.2 Å². The standard InChI is InChI=1S/C23H25N5O2S2/c1-14-10-13-31-19(14)22(29)24-16-8-11-27(12-9-16)23-25-21-20(32-23)15(2)26-28(21)17-4-6-18(30-3)7-5-17/h4-7,10,13,16H,8-9,11-12H2,1-3H3,(H,24,29). The summed E-state index contributed by atoms with van der Waals surface area (Å²) < 4.78 is 8.28. The number of piperidine rings is 1. The quantitative estimate of drug-likeness (QED) is 0.466. The van der Waals surface area contributed by atoms with E-state index in [1.165, 1.54) is 11.3 Å². The van der Waals surface area contributed by atoms with Gasteiger partial charge in [0.1, 0.15) is 5.75 Å². The molecule has 5 rings (SSSR count). The predicted octanol–water partition coefficient (Wildman–Crippen LogP) is 4.57. The number of aryl methyl sites for hydroxylation is 2. The second-order valence-corrected chi connectivity index (χ2v) is 9.91. The molecule has 0 saturated carbocycles. The highest BCUT2D eigenvalue weighted by Gasteiger charge is 2.25. The summed E-state index contributed by atoms with van der Waals surface area (Å²) in [5.74, 6) is 0.864. The van der Waals surface area contributed by atoms with Crippen molar-refractivity contribution in [3.63, 3.8) is 0 Å². The molecular formula is C23H25N5O2S2. The summed E-state index contributed by atoms with van der Waals surface area (Å²) in [5, 5.41) is 10.9. The average molecular weight is 468 g/mol. The molecule has 4 heterocycles. The van der Waals surface area contributed by atoms with Crippen molar-refractivity contribution in [1.82, 2.24) is 20.1 Å².